The predicted octanol–water partition coefficient (Wildman–Crippen LogP) is 6.11. The maximum absolute atomic E-state index is 13.7. The van der Waals surface area contributed by atoms with E-state index >= 15 is 0 Å². The van der Waals surface area contributed by atoms with Gasteiger partial charge in [0.1, 0.15) is 23.8 Å². The minimum Gasteiger partial charge on any atom is -0.486 e. The average Bonchev–Trinajstić information content (AvgIpc) is 2.70. The van der Waals surface area contributed by atoms with Gasteiger partial charge >= 0.3 is 6.18 Å². The number of allylic oxidation sites excluding steroid dienone is 1. The molecule has 0 aliphatic rings. The van der Waals surface area contributed by atoms with Crippen LogP contribution in [0.3, 0.4) is 0 Å². The Kier molecular flexibility index (Phi) is 8.14. The summed E-state index contributed by atoms with van der Waals surface area (Å²) in [6, 6.07) is 13.0. The van der Waals surface area contributed by atoms with Crippen molar-refractivity contribution >= 4 is 58.3 Å². The molecule has 0 fully saturated rings. The van der Waals surface area contributed by atoms with E-state index in [9.17, 15) is 18.4 Å². The van der Waals surface area contributed by atoms with Crippen LogP contribution in [0.15, 0.2) is 48.5 Å². The highest BCUT2D eigenvalue weighted by atomic mass is 35.5. The molecule has 0 aromatic heterocycles. The van der Waals surface area contributed by atoms with Gasteiger partial charge in [0.05, 0.1) is 11.1 Å². The molecule has 2 rings (SSSR count). The van der Waals surface area contributed by atoms with Crippen LogP contribution < -0.4 is 0 Å². The summed E-state index contributed by atoms with van der Waals surface area (Å²) < 4.78 is 51.5. The summed E-state index contributed by atoms with van der Waals surface area (Å²) in [4.78, 5) is 0. The standard InChI is InChI=1S/C20H13ClF3NO2S2/c21-14-7-5-13(6-8-14)16(9-25)19(18(27-12-29)10-26-11-28)15-3-1-2-4-17(15)20(22,23)24/h1-8,11-12,18H,10H2. The van der Waals surface area contributed by atoms with Crippen LogP contribution in [0.5, 0.6) is 0 Å². The Labute approximate surface area is 181 Å². The summed E-state index contributed by atoms with van der Waals surface area (Å²) in [5, 5.41) is 10.2. The van der Waals surface area contributed by atoms with Crippen molar-refractivity contribution in [2.45, 2.75) is 12.3 Å². The van der Waals surface area contributed by atoms with Crippen molar-refractivity contribution in [2.75, 3.05) is 6.61 Å². The van der Waals surface area contributed by atoms with E-state index in [-0.39, 0.29) is 23.3 Å². The lowest BCUT2D eigenvalue weighted by atomic mass is 9.88. The molecule has 0 saturated heterocycles. The fourth-order valence-corrected chi connectivity index (χ4v) is 3.05. The molecule has 2 aromatic carbocycles. The molecule has 0 bridgehead atoms. The zero-order valence-electron chi connectivity index (χ0n) is 14.7. The van der Waals surface area contributed by atoms with E-state index in [1.807, 2.05) is 6.07 Å². The lowest BCUT2D eigenvalue weighted by molar-refractivity contribution is -0.137. The summed E-state index contributed by atoms with van der Waals surface area (Å²) in [6.45, 7) is -0.239. The van der Waals surface area contributed by atoms with Gasteiger partial charge in [-0.2, -0.15) is 18.4 Å². The molecule has 0 saturated carbocycles. The van der Waals surface area contributed by atoms with Gasteiger partial charge in [-0.15, -0.1) is 0 Å². The van der Waals surface area contributed by atoms with Crippen LogP contribution in [-0.2, 0) is 15.7 Å². The molecule has 0 spiro atoms. The lowest BCUT2D eigenvalue weighted by Crippen LogP contribution is -2.23. The second-order valence-electron chi connectivity index (χ2n) is 5.60. The van der Waals surface area contributed by atoms with Gasteiger partial charge in [-0.25, -0.2) is 0 Å². The molecule has 1 atom stereocenters. The molecular formula is C20H13ClF3NO2S2. The van der Waals surface area contributed by atoms with Gasteiger partial charge in [0.2, 0.25) is 0 Å². The maximum atomic E-state index is 13.7. The molecule has 0 aliphatic heterocycles. The van der Waals surface area contributed by atoms with E-state index in [1.54, 1.807) is 0 Å². The first kappa shape index (κ1) is 22.8. The zero-order chi connectivity index (χ0) is 21.4. The molecule has 0 amide bonds. The van der Waals surface area contributed by atoms with Gasteiger partial charge in [-0.1, -0.05) is 41.9 Å². The molecule has 0 radical (unpaired) electrons. The number of ether oxygens (including phenoxy) is 2. The first-order valence-electron chi connectivity index (χ1n) is 8.04. The van der Waals surface area contributed by atoms with Crippen LogP contribution in [0.2, 0.25) is 5.02 Å². The Morgan fingerprint density at radius 1 is 1.10 bits per heavy atom. The van der Waals surface area contributed by atoms with Crippen LogP contribution in [0.4, 0.5) is 13.2 Å². The topological polar surface area (TPSA) is 42.2 Å². The summed E-state index contributed by atoms with van der Waals surface area (Å²) in [6.07, 6.45) is -5.77. The quantitative estimate of drug-likeness (QED) is 0.273. The number of hydrogen-bond acceptors (Lipinski definition) is 5. The minimum atomic E-state index is -4.66. The molecule has 150 valence electrons. The third kappa shape index (κ3) is 5.76. The van der Waals surface area contributed by atoms with Gasteiger partial charge in [0, 0.05) is 10.6 Å². The monoisotopic (exact) mass is 455 g/mol. The predicted molar refractivity (Wildman–Crippen MR) is 113 cm³/mol. The molecule has 3 nitrogen and oxygen atoms in total. The number of thiocarbonyl (C=S) groups is 2. The smallest absolute Gasteiger partial charge is 0.416 e. The normalized spacial score (nSPS) is 12.9. The minimum absolute atomic E-state index is 0.0271. The SMILES string of the molecule is N#CC(=C(c1ccccc1C(F)(F)F)C(COC=S)OC=S)c1ccc(Cl)cc1. The van der Waals surface area contributed by atoms with Gasteiger partial charge in [0.15, 0.2) is 6.10 Å². The second kappa shape index (κ2) is 10.3. The Balaban J connectivity index is 2.85. The van der Waals surface area contributed by atoms with Gasteiger partial charge < -0.3 is 9.47 Å². The first-order valence-corrected chi connectivity index (χ1v) is 9.36. The second-order valence-corrected chi connectivity index (χ2v) is 6.42. The van der Waals surface area contributed by atoms with E-state index < -0.39 is 17.8 Å². The molecular weight excluding hydrogens is 443 g/mol. The Bertz CT molecular complexity index is 953. The highest BCUT2D eigenvalue weighted by Crippen LogP contribution is 2.39. The highest BCUT2D eigenvalue weighted by Gasteiger charge is 2.36. The van der Waals surface area contributed by atoms with Crippen molar-refractivity contribution in [3.05, 3.63) is 70.2 Å². The summed E-state index contributed by atoms with van der Waals surface area (Å²) in [5.41, 5.74) is 1.03. The number of nitrogens with zero attached hydrogens (tertiary/aromatic N) is 1. The Morgan fingerprint density at radius 2 is 1.76 bits per heavy atom. The molecule has 1 unspecified atom stereocenters. The van der Waals surface area contributed by atoms with E-state index in [4.69, 9.17) is 33.3 Å². The first-order chi connectivity index (χ1) is 13.8. The molecule has 2 aromatic rings. The fourth-order valence-electron chi connectivity index (χ4n) is 2.72. The van der Waals surface area contributed by atoms with Crippen LogP contribution in [0.1, 0.15) is 16.7 Å². The van der Waals surface area contributed by atoms with Crippen molar-refractivity contribution in [1.82, 2.24) is 0 Å². The van der Waals surface area contributed by atoms with Crippen molar-refractivity contribution in [3.8, 4) is 6.07 Å². The molecule has 0 heterocycles. The molecule has 0 aliphatic carbocycles. The fraction of sp³-hybridized carbons (Fsp3) is 0.150. The number of halogens is 4. The Hall–Kier alpha value is -2.47. The number of nitriles is 1. The van der Waals surface area contributed by atoms with Crippen LogP contribution in [-0.4, -0.2) is 23.8 Å². The average molecular weight is 456 g/mol. The van der Waals surface area contributed by atoms with E-state index in [1.165, 1.54) is 42.5 Å². The lowest BCUT2D eigenvalue weighted by Gasteiger charge is -2.23. The van der Waals surface area contributed by atoms with E-state index in [0.29, 0.717) is 10.6 Å². The Morgan fingerprint density at radius 3 is 2.31 bits per heavy atom. The zero-order valence-corrected chi connectivity index (χ0v) is 17.0. The van der Waals surface area contributed by atoms with Gasteiger partial charge in [-0.05, 0) is 53.8 Å². The summed E-state index contributed by atoms with van der Waals surface area (Å²) >= 11 is 15.3. The van der Waals surface area contributed by atoms with E-state index in [0.717, 1.165) is 17.2 Å². The third-order valence-corrected chi connectivity index (χ3v) is 4.39. The summed E-state index contributed by atoms with van der Waals surface area (Å²) in [7, 11) is 0. The molecule has 0 N–H and O–H groups in total. The maximum Gasteiger partial charge on any atom is 0.416 e. The largest absolute Gasteiger partial charge is 0.486 e. The number of rotatable bonds is 8. The molecule has 29 heavy (non-hydrogen) atoms. The van der Waals surface area contributed by atoms with Crippen LogP contribution >= 0.6 is 36.0 Å². The van der Waals surface area contributed by atoms with Crippen molar-refractivity contribution in [2.24, 2.45) is 0 Å². The highest BCUT2D eigenvalue weighted by molar-refractivity contribution is 7.78. The molecule has 9 heteroatoms. The number of hydrogen-bond donors (Lipinski definition) is 0. The van der Waals surface area contributed by atoms with Crippen molar-refractivity contribution in [3.63, 3.8) is 0 Å². The van der Waals surface area contributed by atoms with Gasteiger partial charge in [0.25, 0.3) is 0 Å². The van der Waals surface area contributed by atoms with Crippen LogP contribution in [0.25, 0.3) is 11.1 Å². The number of alkyl halides is 3. The number of benzene rings is 2. The van der Waals surface area contributed by atoms with E-state index in [2.05, 4.69) is 12.2 Å². The van der Waals surface area contributed by atoms with Crippen LogP contribution in [0, 0.1) is 11.3 Å². The van der Waals surface area contributed by atoms with Crippen molar-refractivity contribution < 1.29 is 22.6 Å². The third-order valence-electron chi connectivity index (χ3n) is 3.89. The van der Waals surface area contributed by atoms with Crippen molar-refractivity contribution in [1.29, 1.82) is 5.26 Å². The summed E-state index contributed by atoms with van der Waals surface area (Å²) in [5.74, 6) is 0. The van der Waals surface area contributed by atoms with Gasteiger partial charge in [-0.3, -0.25) is 0 Å².